The fourth-order valence-corrected chi connectivity index (χ4v) is 1.63. The molecule has 66 valence electrons. The van der Waals surface area contributed by atoms with Gasteiger partial charge in [-0.1, -0.05) is 0 Å². The van der Waals surface area contributed by atoms with Gasteiger partial charge in [-0.05, 0) is 26.2 Å². The molecule has 0 aromatic carbocycles. The average molecular weight is 166 g/mol. The summed E-state index contributed by atoms with van der Waals surface area (Å²) in [5, 5.41) is 11.8. The van der Waals surface area contributed by atoms with Crippen LogP contribution in [-0.4, -0.2) is 17.9 Å². The van der Waals surface area contributed by atoms with Gasteiger partial charge in [0.2, 0.25) is 0 Å². The molecule has 0 aliphatic carbocycles. The first-order valence-corrected chi connectivity index (χ1v) is 4.37. The van der Waals surface area contributed by atoms with Crippen molar-refractivity contribution in [3.05, 3.63) is 0 Å². The first-order valence-electron chi connectivity index (χ1n) is 4.37. The normalized spacial score (nSPS) is 29.3. The lowest BCUT2D eigenvalue weighted by atomic mass is 9.96. The standard InChI is InChI=1S/C9H14N2O/c1-7(12)5-8-3-2-4-9(6-10)11-8/h8-9,11H,2-5H2,1H3/t8-,9+/m1/s1. The van der Waals surface area contributed by atoms with Gasteiger partial charge < -0.3 is 0 Å². The van der Waals surface area contributed by atoms with E-state index in [0.29, 0.717) is 6.42 Å². The molecule has 1 aliphatic rings. The number of carbonyl (C=O) groups excluding carboxylic acids is 1. The Kier molecular flexibility index (Phi) is 3.24. The van der Waals surface area contributed by atoms with Gasteiger partial charge in [0.1, 0.15) is 5.78 Å². The lowest BCUT2D eigenvalue weighted by molar-refractivity contribution is -0.117. The molecule has 1 heterocycles. The number of hydrogen-bond donors (Lipinski definition) is 1. The second kappa shape index (κ2) is 4.22. The number of ketones is 1. The van der Waals surface area contributed by atoms with Crippen LogP contribution in [0.4, 0.5) is 0 Å². The van der Waals surface area contributed by atoms with E-state index in [0.717, 1.165) is 19.3 Å². The van der Waals surface area contributed by atoms with E-state index in [1.807, 2.05) is 0 Å². The number of Topliss-reactive ketones (excluding diaryl/α,β-unsaturated/α-hetero) is 1. The molecule has 1 saturated heterocycles. The van der Waals surface area contributed by atoms with Crippen LogP contribution < -0.4 is 5.32 Å². The minimum absolute atomic E-state index is 0.0388. The molecule has 12 heavy (non-hydrogen) atoms. The van der Waals surface area contributed by atoms with Gasteiger partial charge in [0.15, 0.2) is 0 Å². The number of hydrogen-bond acceptors (Lipinski definition) is 3. The third kappa shape index (κ3) is 2.63. The van der Waals surface area contributed by atoms with Crippen LogP contribution in [-0.2, 0) is 4.79 Å². The van der Waals surface area contributed by atoms with Crippen LogP contribution in [0.5, 0.6) is 0 Å². The van der Waals surface area contributed by atoms with Crippen molar-refractivity contribution >= 4 is 5.78 Å². The molecule has 3 nitrogen and oxygen atoms in total. The Bertz CT molecular complexity index is 207. The van der Waals surface area contributed by atoms with Gasteiger partial charge >= 0.3 is 0 Å². The molecule has 0 radical (unpaired) electrons. The lowest BCUT2D eigenvalue weighted by Gasteiger charge is -2.26. The van der Waals surface area contributed by atoms with E-state index in [-0.39, 0.29) is 17.9 Å². The molecule has 0 bridgehead atoms. The Morgan fingerprint density at radius 1 is 1.67 bits per heavy atom. The van der Waals surface area contributed by atoms with Gasteiger partial charge in [0.05, 0.1) is 12.1 Å². The van der Waals surface area contributed by atoms with Gasteiger partial charge in [-0.25, -0.2) is 0 Å². The molecule has 0 unspecified atom stereocenters. The third-order valence-corrected chi connectivity index (χ3v) is 2.17. The Morgan fingerprint density at radius 3 is 3.00 bits per heavy atom. The average Bonchev–Trinajstić information content (AvgIpc) is 2.03. The lowest BCUT2D eigenvalue weighted by Crippen LogP contribution is -2.42. The summed E-state index contributed by atoms with van der Waals surface area (Å²) < 4.78 is 0. The Morgan fingerprint density at radius 2 is 2.42 bits per heavy atom. The predicted octanol–water partition coefficient (Wildman–Crippen LogP) is 1.000. The first kappa shape index (κ1) is 9.21. The molecule has 0 spiro atoms. The third-order valence-electron chi connectivity index (χ3n) is 2.17. The van der Waals surface area contributed by atoms with Crippen molar-refractivity contribution in [2.75, 3.05) is 0 Å². The SMILES string of the molecule is CC(=O)C[C@H]1CCC[C@@H](C#N)N1. The smallest absolute Gasteiger partial charge is 0.131 e. The van der Waals surface area contributed by atoms with Crippen molar-refractivity contribution in [2.24, 2.45) is 0 Å². The van der Waals surface area contributed by atoms with E-state index in [9.17, 15) is 4.79 Å². The molecular weight excluding hydrogens is 152 g/mol. The number of nitrogens with zero attached hydrogens (tertiary/aromatic N) is 1. The molecule has 1 N–H and O–H groups in total. The van der Waals surface area contributed by atoms with Crippen LogP contribution in [0, 0.1) is 11.3 Å². The van der Waals surface area contributed by atoms with Crippen LogP contribution >= 0.6 is 0 Å². The summed E-state index contributed by atoms with van der Waals surface area (Å²) in [5.74, 6) is 0.200. The highest BCUT2D eigenvalue weighted by atomic mass is 16.1. The molecule has 1 fully saturated rings. The Labute approximate surface area is 72.8 Å². The number of carbonyl (C=O) groups is 1. The van der Waals surface area contributed by atoms with Crippen LogP contribution in [0.25, 0.3) is 0 Å². The van der Waals surface area contributed by atoms with Crippen molar-refractivity contribution in [1.29, 1.82) is 5.26 Å². The monoisotopic (exact) mass is 166 g/mol. The second-order valence-corrected chi connectivity index (χ2v) is 3.38. The van der Waals surface area contributed by atoms with Gasteiger partial charge in [-0.2, -0.15) is 5.26 Å². The Hall–Kier alpha value is -0.880. The molecule has 0 aromatic heterocycles. The summed E-state index contributed by atoms with van der Waals surface area (Å²) in [6.07, 6.45) is 3.57. The highest BCUT2D eigenvalue weighted by Crippen LogP contribution is 2.14. The Balaban J connectivity index is 2.36. The zero-order chi connectivity index (χ0) is 8.97. The van der Waals surface area contributed by atoms with E-state index in [1.165, 1.54) is 0 Å². The minimum atomic E-state index is -0.0388. The van der Waals surface area contributed by atoms with Crippen molar-refractivity contribution in [2.45, 2.75) is 44.7 Å². The summed E-state index contributed by atoms with van der Waals surface area (Å²) >= 11 is 0. The maximum Gasteiger partial charge on any atom is 0.131 e. The fraction of sp³-hybridized carbons (Fsp3) is 0.778. The minimum Gasteiger partial charge on any atom is -0.300 e. The number of nitrogens with one attached hydrogen (secondary N) is 1. The molecule has 0 amide bonds. The zero-order valence-corrected chi connectivity index (χ0v) is 7.34. The molecule has 1 aliphatic heterocycles. The van der Waals surface area contributed by atoms with Crippen molar-refractivity contribution in [3.63, 3.8) is 0 Å². The topological polar surface area (TPSA) is 52.9 Å². The van der Waals surface area contributed by atoms with Crippen LogP contribution in [0.2, 0.25) is 0 Å². The maximum absolute atomic E-state index is 10.8. The number of piperidine rings is 1. The van der Waals surface area contributed by atoms with Crippen molar-refractivity contribution in [3.8, 4) is 6.07 Å². The zero-order valence-electron chi connectivity index (χ0n) is 7.34. The summed E-state index contributed by atoms with van der Waals surface area (Å²) in [6, 6.07) is 2.38. The number of rotatable bonds is 2. The summed E-state index contributed by atoms with van der Waals surface area (Å²) in [7, 11) is 0. The molecule has 2 atom stereocenters. The van der Waals surface area contributed by atoms with E-state index in [2.05, 4.69) is 11.4 Å². The molecule has 0 saturated carbocycles. The largest absolute Gasteiger partial charge is 0.300 e. The first-order chi connectivity index (χ1) is 5.72. The molecule has 1 rings (SSSR count). The van der Waals surface area contributed by atoms with Crippen LogP contribution in [0.1, 0.15) is 32.6 Å². The van der Waals surface area contributed by atoms with Crippen LogP contribution in [0.3, 0.4) is 0 Å². The van der Waals surface area contributed by atoms with E-state index in [1.54, 1.807) is 6.92 Å². The fourth-order valence-electron chi connectivity index (χ4n) is 1.63. The van der Waals surface area contributed by atoms with Crippen molar-refractivity contribution in [1.82, 2.24) is 5.32 Å². The summed E-state index contributed by atoms with van der Waals surface area (Å²) in [6.45, 7) is 1.59. The quantitative estimate of drug-likeness (QED) is 0.665. The highest BCUT2D eigenvalue weighted by molar-refractivity contribution is 5.76. The van der Waals surface area contributed by atoms with E-state index >= 15 is 0 Å². The van der Waals surface area contributed by atoms with E-state index in [4.69, 9.17) is 5.26 Å². The van der Waals surface area contributed by atoms with Gasteiger partial charge in [-0.3, -0.25) is 10.1 Å². The van der Waals surface area contributed by atoms with Gasteiger partial charge in [-0.15, -0.1) is 0 Å². The van der Waals surface area contributed by atoms with Crippen LogP contribution in [0.15, 0.2) is 0 Å². The summed E-state index contributed by atoms with van der Waals surface area (Å²) in [5.41, 5.74) is 0. The van der Waals surface area contributed by atoms with E-state index < -0.39 is 0 Å². The van der Waals surface area contributed by atoms with Crippen molar-refractivity contribution < 1.29 is 4.79 Å². The molecule has 3 heteroatoms. The maximum atomic E-state index is 10.8. The summed E-state index contributed by atoms with van der Waals surface area (Å²) in [4.78, 5) is 10.8. The second-order valence-electron chi connectivity index (χ2n) is 3.38. The number of nitriles is 1. The molecular formula is C9H14N2O. The van der Waals surface area contributed by atoms with Gasteiger partial charge in [0, 0.05) is 12.5 Å². The highest BCUT2D eigenvalue weighted by Gasteiger charge is 2.20. The van der Waals surface area contributed by atoms with Gasteiger partial charge in [0.25, 0.3) is 0 Å². The molecule has 0 aromatic rings. The predicted molar refractivity (Wildman–Crippen MR) is 45.5 cm³/mol.